The molecule has 2 saturated heterocycles. The number of carbonyl (C=O) groups is 3. The van der Waals surface area contributed by atoms with Crippen molar-refractivity contribution < 1.29 is 32.3 Å². The molecule has 8 nitrogen and oxygen atoms in total. The summed E-state index contributed by atoms with van der Waals surface area (Å²) in [6.45, 7) is 7.37. The van der Waals surface area contributed by atoms with E-state index in [4.69, 9.17) is 9.47 Å². The lowest BCUT2D eigenvalue weighted by Gasteiger charge is -2.45. The Morgan fingerprint density at radius 3 is 2.24 bits per heavy atom. The number of esters is 2. The molecule has 2 heterocycles. The Labute approximate surface area is 168 Å². The van der Waals surface area contributed by atoms with Gasteiger partial charge in [-0.2, -0.15) is 0 Å². The quantitative estimate of drug-likeness (QED) is 0.171. The number of carbonyl (C=O) groups excluding carboxylic acids is 3. The van der Waals surface area contributed by atoms with E-state index in [1.54, 1.807) is 36.4 Å². The van der Waals surface area contributed by atoms with Crippen LogP contribution in [-0.2, 0) is 33.7 Å². The minimum atomic E-state index is -3.83. The number of ether oxygens (including phenoxy) is 2. The number of fused-ring (bicyclic) bond motifs is 1. The van der Waals surface area contributed by atoms with Crippen LogP contribution in [0.5, 0.6) is 0 Å². The second kappa shape index (κ2) is 6.32. The highest BCUT2D eigenvalue weighted by molar-refractivity contribution is 14.1. The molecule has 0 aliphatic carbocycles. The van der Waals surface area contributed by atoms with Gasteiger partial charge in [0.25, 0.3) is 5.91 Å². The van der Waals surface area contributed by atoms with Crippen LogP contribution in [0.15, 0.2) is 0 Å². The van der Waals surface area contributed by atoms with E-state index >= 15 is 0 Å². The summed E-state index contributed by atoms with van der Waals surface area (Å²) in [7, 11) is -3.83. The van der Waals surface area contributed by atoms with Crippen molar-refractivity contribution in [1.82, 2.24) is 4.90 Å². The minimum Gasteiger partial charge on any atom is -0.425 e. The summed E-state index contributed by atoms with van der Waals surface area (Å²) in [5.74, 6) is -2.39. The number of alkyl halides is 2. The van der Waals surface area contributed by atoms with Crippen LogP contribution in [0.1, 0.15) is 34.6 Å². The number of halogens is 2. The van der Waals surface area contributed by atoms with Crippen LogP contribution in [-0.4, -0.2) is 55.9 Å². The predicted molar refractivity (Wildman–Crippen MR) is 99.6 cm³/mol. The van der Waals surface area contributed by atoms with Crippen molar-refractivity contribution in [2.24, 2.45) is 5.92 Å². The van der Waals surface area contributed by atoms with Crippen molar-refractivity contribution in [3.8, 4) is 0 Å². The number of amides is 1. The van der Waals surface area contributed by atoms with E-state index in [1.165, 1.54) is 20.8 Å². The fourth-order valence-electron chi connectivity index (χ4n) is 2.82. The van der Waals surface area contributed by atoms with Crippen LogP contribution >= 0.6 is 38.5 Å². The zero-order valence-corrected chi connectivity index (χ0v) is 18.8. The largest absolute Gasteiger partial charge is 0.425 e. The van der Waals surface area contributed by atoms with Gasteiger partial charge in [-0.25, -0.2) is 13.2 Å². The maximum Gasteiger partial charge on any atom is 0.333 e. The Morgan fingerprint density at radius 1 is 1.24 bits per heavy atom. The summed E-state index contributed by atoms with van der Waals surface area (Å²) in [6.07, 6.45) is -1.19. The van der Waals surface area contributed by atoms with E-state index in [-0.39, 0.29) is 0 Å². The predicted octanol–water partition coefficient (Wildman–Crippen LogP) is 1.34. The number of nitrogens with zero attached hydrogens (tertiary/aromatic N) is 1. The molecule has 2 rings (SSSR count). The first-order valence-electron chi connectivity index (χ1n) is 7.52. The SMILES string of the molecule is CC(OC(=O)C(C)C)OC(=O)[C@@H]1N2C(=O)C(Br)(I)[C@H]2S(=O)(=O)C1(C)C. The van der Waals surface area contributed by atoms with E-state index in [9.17, 15) is 22.8 Å². The van der Waals surface area contributed by atoms with Gasteiger partial charge in [0.05, 0.1) is 5.92 Å². The molecule has 0 spiro atoms. The molecule has 1 amide bonds. The highest BCUT2D eigenvalue weighted by Crippen LogP contribution is 2.57. The van der Waals surface area contributed by atoms with Gasteiger partial charge in [0.1, 0.15) is 10.8 Å². The molecule has 2 aliphatic rings. The fourth-order valence-corrected chi connectivity index (χ4v) is 7.67. The number of β-lactam (4-membered cyclic amide) rings is 1. The molecule has 0 aromatic carbocycles. The van der Waals surface area contributed by atoms with Gasteiger partial charge in [-0.1, -0.05) is 52.4 Å². The van der Waals surface area contributed by atoms with E-state index in [2.05, 4.69) is 15.9 Å². The second-order valence-electron chi connectivity index (χ2n) is 6.83. The molecule has 0 N–H and O–H groups in total. The molecule has 0 aromatic rings. The van der Waals surface area contributed by atoms with Gasteiger partial charge in [-0.3, -0.25) is 9.59 Å². The number of hydrogen-bond donors (Lipinski definition) is 0. The maximum absolute atomic E-state index is 12.8. The summed E-state index contributed by atoms with van der Waals surface area (Å²) in [6, 6.07) is -1.31. The summed E-state index contributed by atoms with van der Waals surface area (Å²) in [4.78, 5) is 37.5. The third-order valence-electron chi connectivity index (χ3n) is 4.31. The fraction of sp³-hybridized carbons (Fsp3) is 0.786. The second-order valence-corrected chi connectivity index (χ2v) is 13.9. The summed E-state index contributed by atoms with van der Waals surface area (Å²) < 4.78 is 32.8. The van der Waals surface area contributed by atoms with Crippen LogP contribution in [0.4, 0.5) is 0 Å². The Bertz CT molecular complexity index is 733. The zero-order valence-electron chi connectivity index (χ0n) is 14.3. The average molecular weight is 552 g/mol. The summed E-state index contributed by atoms with van der Waals surface area (Å²) in [5, 5.41) is -1.16. The molecule has 0 saturated carbocycles. The third-order valence-corrected chi connectivity index (χ3v) is 9.71. The lowest BCUT2D eigenvalue weighted by atomic mass is 9.98. The molecule has 0 aromatic heterocycles. The Balaban J connectivity index is 2.25. The summed E-state index contributed by atoms with van der Waals surface area (Å²) in [5.41, 5.74) is 0. The van der Waals surface area contributed by atoms with Gasteiger partial charge < -0.3 is 14.4 Å². The summed E-state index contributed by atoms with van der Waals surface area (Å²) >= 11 is 4.85. The lowest BCUT2D eigenvalue weighted by Crippen LogP contribution is -2.69. The van der Waals surface area contributed by atoms with Gasteiger partial charge >= 0.3 is 11.9 Å². The standard InChI is InChI=1S/C14H19BrINO7S/c1-6(2)9(18)23-7(3)24-10(19)8-13(4,5)25(21,22)12-14(15,16)11(20)17(8)12/h6-8,12H,1-5H3/t7?,8-,12+,14?/m0/s1. The molecular weight excluding hydrogens is 533 g/mol. The van der Waals surface area contributed by atoms with Crippen LogP contribution in [0.25, 0.3) is 0 Å². The van der Waals surface area contributed by atoms with Crippen LogP contribution < -0.4 is 0 Å². The van der Waals surface area contributed by atoms with Crippen molar-refractivity contribution in [3.63, 3.8) is 0 Å². The van der Waals surface area contributed by atoms with Crippen molar-refractivity contribution >= 4 is 66.2 Å². The van der Waals surface area contributed by atoms with Crippen LogP contribution in [0.2, 0.25) is 0 Å². The van der Waals surface area contributed by atoms with Gasteiger partial charge in [-0.05, 0) is 13.8 Å². The van der Waals surface area contributed by atoms with E-state index < -0.39 is 58.4 Å². The van der Waals surface area contributed by atoms with Crippen LogP contribution in [0.3, 0.4) is 0 Å². The van der Waals surface area contributed by atoms with E-state index in [0.717, 1.165) is 4.90 Å². The van der Waals surface area contributed by atoms with Gasteiger partial charge in [0.15, 0.2) is 17.5 Å². The highest BCUT2D eigenvalue weighted by atomic mass is 127. The molecule has 25 heavy (non-hydrogen) atoms. The molecular formula is C14H19BrINO7S. The normalized spacial score (nSPS) is 33.4. The Morgan fingerprint density at radius 2 is 1.76 bits per heavy atom. The number of rotatable bonds is 4. The zero-order chi connectivity index (χ0) is 19.5. The average Bonchev–Trinajstić information content (AvgIpc) is 2.60. The van der Waals surface area contributed by atoms with Crippen molar-refractivity contribution in [1.29, 1.82) is 0 Å². The topological polar surface area (TPSA) is 107 Å². The van der Waals surface area contributed by atoms with Crippen molar-refractivity contribution in [2.75, 3.05) is 0 Å². The number of hydrogen-bond acceptors (Lipinski definition) is 7. The van der Waals surface area contributed by atoms with Crippen LogP contribution in [0, 0.1) is 5.92 Å². The Kier molecular flexibility index (Phi) is 5.28. The molecule has 2 fully saturated rings. The molecule has 142 valence electrons. The molecule has 0 bridgehead atoms. The maximum atomic E-state index is 12.8. The van der Waals surface area contributed by atoms with E-state index in [0.29, 0.717) is 0 Å². The van der Waals surface area contributed by atoms with Gasteiger partial charge in [0, 0.05) is 6.92 Å². The number of sulfone groups is 1. The molecule has 2 aliphatic heterocycles. The molecule has 11 heteroatoms. The van der Waals surface area contributed by atoms with E-state index in [1.807, 2.05) is 0 Å². The van der Waals surface area contributed by atoms with Crippen molar-refractivity contribution in [2.45, 2.75) is 59.4 Å². The molecule has 2 unspecified atom stereocenters. The third kappa shape index (κ3) is 2.99. The Hall–Kier alpha value is -0.430. The highest BCUT2D eigenvalue weighted by Gasteiger charge is 2.77. The molecule has 4 atom stereocenters. The monoisotopic (exact) mass is 551 g/mol. The first-order valence-corrected chi connectivity index (χ1v) is 10.9. The van der Waals surface area contributed by atoms with Gasteiger partial charge in [-0.15, -0.1) is 0 Å². The first kappa shape index (κ1) is 20.9. The first-order chi connectivity index (χ1) is 11.2. The smallest absolute Gasteiger partial charge is 0.333 e. The lowest BCUT2D eigenvalue weighted by molar-refractivity contribution is -0.192. The minimum absolute atomic E-state index is 0.404. The molecule has 0 radical (unpaired) electrons. The van der Waals surface area contributed by atoms with Crippen molar-refractivity contribution in [3.05, 3.63) is 0 Å². The van der Waals surface area contributed by atoms with Gasteiger partial charge in [0.2, 0.25) is 6.29 Å².